The molecule has 3 rings (SSSR count). The van der Waals surface area contributed by atoms with Gasteiger partial charge in [-0.25, -0.2) is 4.98 Å². The van der Waals surface area contributed by atoms with Crippen LogP contribution in [0.2, 0.25) is 0 Å². The molecule has 4 atom stereocenters. The highest BCUT2D eigenvalue weighted by molar-refractivity contribution is 7.13. The maximum Gasteiger partial charge on any atom is 0.412 e. The van der Waals surface area contributed by atoms with E-state index in [2.05, 4.69) is 15.6 Å². The summed E-state index contributed by atoms with van der Waals surface area (Å²) in [6, 6.07) is 1.60. The zero-order valence-corrected chi connectivity index (χ0v) is 23.6. The van der Waals surface area contributed by atoms with E-state index in [0.29, 0.717) is 0 Å². The predicted molar refractivity (Wildman–Crippen MR) is 141 cm³/mol. The van der Waals surface area contributed by atoms with Gasteiger partial charge in [0, 0.05) is 18.5 Å². The second-order valence-electron chi connectivity index (χ2n) is 12.0. The number of hydrogen-bond donors (Lipinski definition) is 3. The second-order valence-corrected chi connectivity index (χ2v) is 12.8. The van der Waals surface area contributed by atoms with E-state index >= 15 is 0 Å². The van der Waals surface area contributed by atoms with Crippen LogP contribution in [0.3, 0.4) is 0 Å². The van der Waals surface area contributed by atoms with Crippen LogP contribution in [0, 0.1) is 12.3 Å². The third kappa shape index (κ3) is 7.12. The molecule has 38 heavy (non-hydrogen) atoms. The molecule has 1 aromatic heterocycles. The molecule has 2 unspecified atom stereocenters. The van der Waals surface area contributed by atoms with Crippen LogP contribution < -0.4 is 10.6 Å². The summed E-state index contributed by atoms with van der Waals surface area (Å²) in [7, 11) is 0. The molecule has 1 fully saturated rings. The fourth-order valence-electron chi connectivity index (χ4n) is 4.55. The van der Waals surface area contributed by atoms with Gasteiger partial charge in [-0.15, -0.1) is 11.3 Å². The Balaban J connectivity index is 1.85. The molecule has 1 aromatic carbocycles. The molecule has 7 nitrogen and oxygen atoms in total. The van der Waals surface area contributed by atoms with Crippen molar-refractivity contribution in [3.8, 4) is 10.4 Å². The van der Waals surface area contributed by atoms with Crippen LogP contribution in [0.1, 0.15) is 65.3 Å². The van der Waals surface area contributed by atoms with Gasteiger partial charge in [0.2, 0.25) is 11.8 Å². The quantitative estimate of drug-likeness (QED) is 0.485. The lowest BCUT2D eigenvalue weighted by Crippen LogP contribution is -2.60. The molecular formula is C27H37F3N4O3S. The van der Waals surface area contributed by atoms with Crippen LogP contribution in [0.4, 0.5) is 13.2 Å². The van der Waals surface area contributed by atoms with Crippen LogP contribution >= 0.6 is 11.3 Å². The lowest BCUT2D eigenvalue weighted by molar-refractivity contribution is -0.165. The first-order valence-corrected chi connectivity index (χ1v) is 13.4. The zero-order chi connectivity index (χ0) is 28.6. The summed E-state index contributed by atoms with van der Waals surface area (Å²) in [6.07, 6.45) is -5.93. The molecule has 210 valence electrons. The molecule has 1 saturated heterocycles. The Morgan fingerprint density at radius 3 is 2.18 bits per heavy atom. The Bertz CT molecular complexity index is 1140. The molecular weight excluding hydrogens is 517 g/mol. The van der Waals surface area contributed by atoms with E-state index in [4.69, 9.17) is 0 Å². The minimum absolute atomic E-state index is 0.129. The largest absolute Gasteiger partial charge is 0.412 e. The predicted octanol–water partition coefficient (Wildman–Crippen LogP) is 4.60. The number of alkyl halides is 3. The van der Waals surface area contributed by atoms with Crippen molar-refractivity contribution in [2.45, 2.75) is 90.8 Å². The van der Waals surface area contributed by atoms with Crippen LogP contribution in [-0.2, 0) is 9.59 Å². The van der Waals surface area contributed by atoms with Gasteiger partial charge in [-0.3, -0.25) is 9.59 Å². The normalized spacial score (nSPS) is 20.3. The summed E-state index contributed by atoms with van der Waals surface area (Å²) < 4.78 is 42.4. The van der Waals surface area contributed by atoms with Crippen LogP contribution in [0.15, 0.2) is 29.8 Å². The number of halogens is 3. The summed E-state index contributed by atoms with van der Waals surface area (Å²) >= 11 is 1.39. The van der Waals surface area contributed by atoms with E-state index in [1.165, 1.54) is 28.4 Å². The molecule has 3 N–H and O–H groups in total. The van der Waals surface area contributed by atoms with Crippen molar-refractivity contribution < 1.29 is 27.9 Å². The Morgan fingerprint density at radius 2 is 1.71 bits per heavy atom. The van der Waals surface area contributed by atoms with E-state index in [1.807, 2.05) is 48.5 Å². The van der Waals surface area contributed by atoms with Gasteiger partial charge in [0.05, 0.1) is 28.2 Å². The number of thiazole rings is 1. The van der Waals surface area contributed by atoms with Crippen molar-refractivity contribution >= 4 is 23.2 Å². The number of likely N-dealkylation sites (tertiary alicyclic amines) is 1. The number of aliphatic hydroxyl groups excluding tert-OH is 1. The van der Waals surface area contributed by atoms with E-state index in [1.54, 1.807) is 17.6 Å². The average molecular weight is 555 g/mol. The Kier molecular flexibility index (Phi) is 8.65. The lowest BCUT2D eigenvalue weighted by Gasteiger charge is -2.39. The highest BCUT2D eigenvalue weighted by Gasteiger charge is 2.48. The van der Waals surface area contributed by atoms with Crippen LogP contribution in [0.25, 0.3) is 10.4 Å². The number of β-amino-alcohol motifs (C(OH)–C–C–N with tert-alkyl or cyclic N) is 1. The topological polar surface area (TPSA) is 94.6 Å². The summed E-state index contributed by atoms with van der Waals surface area (Å²) in [5.41, 5.74) is 2.07. The third-order valence-corrected chi connectivity index (χ3v) is 7.40. The van der Waals surface area contributed by atoms with Gasteiger partial charge >= 0.3 is 6.18 Å². The molecule has 0 spiro atoms. The Hall–Kier alpha value is -2.50. The first-order chi connectivity index (χ1) is 17.4. The molecule has 0 aliphatic carbocycles. The first-order valence-electron chi connectivity index (χ1n) is 12.5. The van der Waals surface area contributed by atoms with Gasteiger partial charge < -0.3 is 20.6 Å². The van der Waals surface area contributed by atoms with Crippen molar-refractivity contribution in [1.82, 2.24) is 20.5 Å². The third-order valence-electron chi connectivity index (χ3n) is 6.42. The summed E-state index contributed by atoms with van der Waals surface area (Å²) in [6.45, 7) is 13.0. The van der Waals surface area contributed by atoms with Crippen molar-refractivity contribution in [2.24, 2.45) is 5.41 Å². The van der Waals surface area contributed by atoms with Crippen molar-refractivity contribution in [2.75, 3.05) is 6.54 Å². The second kappa shape index (κ2) is 10.9. The number of rotatable bonds is 6. The highest BCUT2D eigenvalue weighted by atomic mass is 32.1. The van der Waals surface area contributed by atoms with Gasteiger partial charge in [-0.1, -0.05) is 45.0 Å². The summed E-state index contributed by atoms with van der Waals surface area (Å²) in [4.78, 5) is 33.1. The maximum atomic E-state index is 14.1. The number of aromatic nitrogens is 1. The number of nitrogens with one attached hydrogen (secondary N) is 2. The molecule has 0 bridgehead atoms. The van der Waals surface area contributed by atoms with E-state index in [9.17, 15) is 27.9 Å². The number of aliphatic hydroxyl groups is 1. The van der Waals surface area contributed by atoms with Gasteiger partial charge in [-0.05, 0) is 44.2 Å². The number of amides is 2. The van der Waals surface area contributed by atoms with Crippen LogP contribution in [-0.4, -0.2) is 63.3 Å². The average Bonchev–Trinajstić information content (AvgIpc) is 3.39. The lowest BCUT2D eigenvalue weighted by atomic mass is 9.84. The Labute approximate surface area is 225 Å². The molecule has 2 aromatic rings. The van der Waals surface area contributed by atoms with Crippen molar-refractivity contribution in [1.29, 1.82) is 0 Å². The molecule has 0 saturated carbocycles. The molecule has 2 heterocycles. The molecule has 1 aliphatic rings. The molecule has 1 aliphatic heterocycles. The number of nitrogens with zero attached hydrogens (tertiary/aromatic N) is 2. The maximum absolute atomic E-state index is 14.1. The zero-order valence-electron chi connectivity index (χ0n) is 22.8. The van der Waals surface area contributed by atoms with Gasteiger partial charge in [0.1, 0.15) is 6.04 Å². The molecule has 0 radical (unpaired) electrons. The monoisotopic (exact) mass is 554 g/mol. The highest BCUT2D eigenvalue weighted by Crippen LogP contribution is 2.36. The molecule has 11 heteroatoms. The fourth-order valence-corrected chi connectivity index (χ4v) is 5.36. The van der Waals surface area contributed by atoms with E-state index in [-0.39, 0.29) is 18.5 Å². The minimum atomic E-state index is -4.77. The van der Waals surface area contributed by atoms with Crippen molar-refractivity contribution in [3.05, 3.63) is 41.0 Å². The van der Waals surface area contributed by atoms with Gasteiger partial charge in [-0.2, -0.15) is 13.2 Å². The smallest absolute Gasteiger partial charge is 0.391 e. The number of carbonyl (C=O) groups is 2. The first kappa shape index (κ1) is 30.0. The van der Waals surface area contributed by atoms with Crippen molar-refractivity contribution in [3.63, 3.8) is 0 Å². The van der Waals surface area contributed by atoms with E-state index in [0.717, 1.165) is 16.1 Å². The Morgan fingerprint density at radius 1 is 1.11 bits per heavy atom. The molecule has 2 amide bonds. The number of benzene rings is 1. The standard InChI is InChI=1S/C27H37F3N4O3S/c1-15-20(38-14-31-15)16-8-10-17(11-9-16)21(27(28,29)30)32-23(36)19-12-18(35)13-34(19)24(37)22(25(2,3)4)33-26(5,6)7/h8-11,14,18-19,21-22,33,35H,12-13H2,1-7H3,(H,32,36)/t18-,19+,21?,22?/m0/s1. The van der Waals surface area contributed by atoms with Gasteiger partial charge in [0.15, 0.2) is 6.04 Å². The van der Waals surface area contributed by atoms with Crippen LogP contribution in [0.5, 0.6) is 0 Å². The minimum Gasteiger partial charge on any atom is -0.391 e. The fraction of sp³-hybridized carbons (Fsp3) is 0.593. The summed E-state index contributed by atoms with van der Waals surface area (Å²) in [5, 5.41) is 15.7. The number of carbonyl (C=O) groups excluding carboxylic acids is 2. The number of aryl methyl sites for hydroxylation is 1. The SMILES string of the molecule is Cc1ncsc1-c1ccc(C(NC(=O)[C@H]2C[C@H](O)CN2C(=O)C(NC(C)(C)C)C(C)(C)C)C(F)(F)F)cc1. The number of hydrogen-bond acceptors (Lipinski definition) is 6. The van der Waals surface area contributed by atoms with Gasteiger partial charge in [0.25, 0.3) is 0 Å². The van der Waals surface area contributed by atoms with E-state index < -0.39 is 53.2 Å². The summed E-state index contributed by atoms with van der Waals surface area (Å²) in [5.74, 6) is -1.39.